The Balaban J connectivity index is 1.59. The number of hydrogen-bond donors (Lipinski definition) is 0. The van der Waals surface area contributed by atoms with Crippen molar-refractivity contribution in [1.29, 1.82) is 5.26 Å². The second kappa shape index (κ2) is 8.78. The van der Waals surface area contributed by atoms with Gasteiger partial charge in [-0.15, -0.1) is 0 Å². The molecule has 1 saturated carbocycles. The van der Waals surface area contributed by atoms with Crippen LogP contribution >= 0.6 is 0 Å². The van der Waals surface area contributed by atoms with Gasteiger partial charge in [-0.1, -0.05) is 18.2 Å². The summed E-state index contributed by atoms with van der Waals surface area (Å²) in [6.45, 7) is 0. The lowest BCUT2D eigenvalue weighted by molar-refractivity contribution is 0.320. The molecule has 0 radical (unpaired) electrons. The second-order valence-electron chi connectivity index (χ2n) is 9.23. The van der Waals surface area contributed by atoms with Crippen LogP contribution in [0.5, 0.6) is 0 Å². The van der Waals surface area contributed by atoms with Crippen molar-refractivity contribution in [3.63, 3.8) is 0 Å². The Morgan fingerprint density at radius 2 is 1.73 bits per heavy atom. The van der Waals surface area contributed by atoms with Gasteiger partial charge in [0.2, 0.25) is 0 Å². The first-order valence-corrected chi connectivity index (χ1v) is 13.4. The van der Waals surface area contributed by atoms with Gasteiger partial charge in [-0.05, 0) is 62.1 Å². The largest absolute Gasteiger partial charge is 0.320 e. The van der Waals surface area contributed by atoms with E-state index in [9.17, 15) is 22.5 Å². The number of rotatable bonds is 4. The lowest BCUT2D eigenvalue weighted by Gasteiger charge is -2.28. The van der Waals surface area contributed by atoms with Crippen LogP contribution in [0, 0.1) is 28.9 Å². The fourth-order valence-corrected chi connectivity index (χ4v) is 6.53. The Kier molecular flexibility index (Phi) is 5.53. The Hall–Kier alpha value is -4.10. The number of hydrogen-bond acceptors (Lipinski definition) is 5. The zero-order valence-corrected chi connectivity index (χ0v) is 20.4. The van der Waals surface area contributed by atoms with Crippen molar-refractivity contribution in [3.8, 4) is 17.5 Å². The minimum absolute atomic E-state index is 0.0310. The molecular formula is C27H21F2N5O2S. The summed E-state index contributed by atoms with van der Waals surface area (Å²) < 4.78 is 57.8. The molecule has 37 heavy (non-hydrogen) atoms. The van der Waals surface area contributed by atoms with Crippen molar-refractivity contribution in [2.75, 3.05) is 0 Å². The van der Waals surface area contributed by atoms with Crippen molar-refractivity contribution in [3.05, 3.63) is 78.6 Å². The maximum absolute atomic E-state index is 14.2. The summed E-state index contributed by atoms with van der Waals surface area (Å²) in [5.41, 5.74) is 1.85. The summed E-state index contributed by atoms with van der Waals surface area (Å²) >= 11 is 0. The molecule has 0 amide bonds. The van der Waals surface area contributed by atoms with E-state index < -0.39 is 21.7 Å². The summed E-state index contributed by atoms with van der Waals surface area (Å²) in [6.07, 6.45) is 5.79. The third-order valence-electron chi connectivity index (χ3n) is 7.05. The maximum atomic E-state index is 14.2. The molecule has 5 aromatic rings. The Morgan fingerprint density at radius 3 is 2.43 bits per heavy atom. The van der Waals surface area contributed by atoms with Gasteiger partial charge in [-0.2, -0.15) is 5.26 Å². The van der Waals surface area contributed by atoms with Gasteiger partial charge in [0.1, 0.15) is 11.3 Å². The first kappa shape index (κ1) is 23.3. The monoisotopic (exact) mass is 517 g/mol. The first-order chi connectivity index (χ1) is 17.9. The van der Waals surface area contributed by atoms with E-state index in [1.165, 1.54) is 30.6 Å². The second-order valence-corrected chi connectivity index (χ2v) is 11.0. The van der Waals surface area contributed by atoms with Crippen LogP contribution in [0.15, 0.2) is 71.9 Å². The summed E-state index contributed by atoms with van der Waals surface area (Å²) in [7, 11) is -3.90. The topological polar surface area (TPSA) is 93.6 Å². The minimum atomic E-state index is -3.90. The number of fused-ring (bicyclic) bond motifs is 3. The molecule has 0 N–H and O–H groups in total. The molecule has 0 spiro atoms. The summed E-state index contributed by atoms with van der Waals surface area (Å²) in [5.74, 6) is -1.51. The number of benzene rings is 2. The lowest BCUT2D eigenvalue weighted by Crippen LogP contribution is -2.18. The van der Waals surface area contributed by atoms with Crippen LogP contribution in [0.3, 0.4) is 0 Å². The molecular weight excluding hydrogens is 496 g/mol. The molecule has 3 heterocycles. The summed E-state index contributed by atoms with van der Waals surface area (Å²) in [6, 6.07) is 15.7. The van der Waals surface area contributed by atoms with E-state index in [1.54, 1.807) is 24.3 Å². The fourth-order valence-electron chi connectivity index (χ4n) is 5.21. The van der Waals surface area contributed by atoms with Crippen molar-refractivity contribution < 1.29 is 17.2 Å². The van der Waals surface area contributed by atoms with Crippen LogP contribution in [-0.4, -0.2) is 26.9 Å². The SMILES string of the molecule is N#CC1CCC(n2c(-c3ccc(F)c(F)c3)nc3cnc4c(ccn4S(=O)(=O)c4ccccc4)c32)CC1. The molecule has 3 aromatic heterocycles. The van der Waals surface area contributed by atoms with Crippen LogP contribution in [-0.2, 0) is 10.0 Å². The molecule has 0 bridgehead atoms. The number of pyridine rings is 1. The number of halogens is 2. The van der Waals surface area contributed by atoms with Gasteiger partial charge >= 0.3 is 0 Å². The predicted octanol–water partition coefficient (Wildman–Crippen LogP) is 5.82. The van der Waals surface area contributed by atoms with Gasteiger partial charge in [0.15, 0.2) is 17.3 Å². The molecule has 10 heteroatoms. The van der Waals surface area contributed by atoms with Crippen LogP contribution in [0.4, 0.5) is 8.78 Å². The van der Waals surface area contributed by atoms with Crippen LogP contribution in [0.2, 0.25) is 0 Å². The lowest BCUT2D eigenvalue weighted by atomic mass is 9.86. The Labute approximate surface area is 211 Å². The molecule has 1 aliphatic rings. The van der Waals surface area contributed by atoms with Gasteiger partial charge < -0.3 is 4.57 Å². The normalized spacial score (nSPS) is 18.3. The van der Waals surface area contributed by atoms with Gasteiger partial charge in [0, 0.05) is 29.1 Å². The predicted molar refractivity (Wildman–Crippen MR) is 134 cm³/mol. The third kappa shape index (κ3) is 3.78. The summed E-state index contributed by atoms with van der Waals surface area (Å²) in [5, 5.41) is 9.95. The highest BCUT2D eigenvalue weighted by Crippen LogP contribution is 2.40. The standard InChI is InChI=1S/C27H21F2N5O2S/c28-22-11-8-18(14-23(22)29)26-32-24-16-31-27-21(25(24)34(26)19-9-6-17(15-30)7-10-19)12-13-33(27)37(35,36)20-4-2-1-3-5-20/h1-5,8,11-14,16-17,19H,6-7,9-10H2. The van der Waals surface area contributed by atoms with Gasteiger partial charge in [-0.3, -0.25) is 0 Å². The zero-order valence-electron chi connectivity index (χ0n) is 19.6. The molecule has 6 rings (SSSR count). The van der Waals surface area contributed by atoms with E-state index in [0.717, 1.165) is 16.1 Å². The molecule has 1 aliphatic carbocycles. The highest BCUT2D eigenvalue weighted by Gasteiger charge is 2.29. The third-order valence-corrected chi connectivity index (χ3v) is 8.73. The van der Waals surface area contributed by atoms with Crippen LogP contribution < -0.4 is 0 Å². The van der Waals surface area contributed by atoms with Crippen molar-refractivity contribution in [2.45, 2.75) is 36.6 Å². The molecule has 0 atom stereocenters. The average molecular weight is 518 g/mol. The van der Waals surface area contributed by atoms with Crippen molar-refractivity contribution in [1.82, 2.24) is 18.5 Å². The van der Waals surface area contributed by atoms with Gasteiger partial charge in [0.25, 0.3) is 10.0 Å². The van der Waals surface area contributed by atoms with Gasteiger partial charge in [-0.25, -0.2) is 31.1 Å². The highest BCUT2D eigenvalue weighted by atomic mass is 32.2. The number of aromatic nitrogens is 4. The van der Waals surface area contributed by atoms with Crippen molar-refractivity contribution >= 4 is 32.1 Å². The van der Waals surface area contributed by atoms with E-state index in [4.69, 9.17) is 4.98 Å². The van der Waals surface area contributed by atoms with E-state index in [1.807, 2.05) is 4.57 Å². The molecule has 0 aliphatic heterocycles. The highest BCUT2D eigenvalue weighted by molar-refractivity contribution is 7.90. The zero-order chi connectivity index (χ0) is 25.7. The molecule has 7 nitrogen and oxygen atoms in total. The minimum Gasteiger partial charge on any atom is -0.320 e. The van der Waals surface area contributed by atoms with Crippen LogP contribution in [0.25, 0.3) is 33.5 Å². The van der Waals surface area contributed by atoms with Crippen LogP contribution in [0.1, 0.15) is 31.7 Å². The van der Waals surface area contributed by atoms with Crippen molar-refractivity contribution in [2.24, 2.45) is 5.92 Å². The van der Waals surface area contributed by atoms with E-state index in [0.29, 0.717) is 53.5 Å². The molecule has 186 valence electrons. The van der Waals surface area contributed by atoms with Gasteiger partial charge in [0.05, 0.1) is 22.7 Å². The quantitative estimate of drug-likeness (QED) is 0.299. The number of nitriles is 1. The van der Waals surface area contributed by atoms with E-state index in [-0.39, 0.29) is 22.5 Å². The number of nitrogens with zero attached hydrogens (tertiary/aromatic N) is 5. The Morgan fingerprint density at radius 1 is 0.973 bits per heavy atom. The van der Waals surface area contributed by atoms with E-state index >= 15 is 0 Å². The average Bonchev–Trinajstić information content (AvgIpc) is 3.53. The Bertz CT molecular complexity index is 1800. The molecule has 1 fully saturated rings. The fraction of sp³-hybridized carbons (Fsp3) is 0.222. The number of imidazole rings is 1. The maximum Gasteiger partial charge on any atom is 0.269 e. The van der Waals surface area contributed by atoms with E-state index in [2.05, 4.69) is 11.1 Å². The molecule has 0 unspecified atom stereocenters. The summed E-state index contributed by atoms with van der Waals surface area (Å²) in [4.78, 5) is 9.32. The smallest absolute Gasteiger partial charge is 0.269 e. The molecule has 0 saturated heterocycles. The first-order valence-electron chi connectivity index (χ1n) is 11.9. The molecule has 2 aromatic carbocycles.